The molecule has 0 aromatic heterocycles. The third-order valence-corrected chi connectivity index (χ3v) is 5.44. The Hall–Kier alpha value is -1.63. The van der Waals surface area contributed by atoms with Crippen molar-refractivity contribution in [2.75, 3.05) is 20.2 Å². The molecule has 0 aliphatic carbocycles. The van der Waals surface area contributed by atoms with Gasteiger partial charge in [0.05, 0.1) is 4.90 Å². The van der Waals surface area contributed by atoms with E-state index >= 15 is 0 Å². The van der Waals surface area contributed by atoms with Gasteiger partial charge in [-0.05, 0) is 48.9 Å². The molecule has 0 N–H and O–H groups in total. The summed E-state index contributed by atoms with van der Waals surface area (Å²) >= 11 is 5.77. The second kappa shape index (κ2) is 7.29. The van der Waals surface area contributed by atoms with E-state index in [1.54, 1.807) is 31.2 Å². The Bertz CT molecular complexity index is 778. The van der Waals surface area contributed by atoms with E-state index in [0.29, 0.717) is 16.3 Å². The van der Waals surface area contributed by atoms with Crippen molar-refractivity contribution in [3.63, 3.8) is 0 Å². The van der Waals surface area contributed by atoms with Gasteiger partial charge in [0.25, 0.3) is 0 Å². The summed E-state index contributed by atoms with van der Waals surface area (Å²) in [5.74, 6) is 0.0541. The molecule has 4 nitrogen and oxygen atoms in total. The molecule has 0 radical (unpaired) electrons. The normalized spacial score (nSPS) is 11.7. The van der Waals surface area contributed by atoms with Crippen molar-refractivity contribution in [3.05, 3.63) is 58.9 Å². The first-order chi connectivity index (χ1) is 10.8. The zero-order valence-corrected chi connectivity index (χ0v) is 14.4. The maximum atomic E-state index is 13.6. The number of halogens is 2. The van der Waals surface area contributed by atoms with Crippen LogP contribution in [-0.4, -0.2) is 32.9 Å². The van der Waals surface area contributed by atoms with Crippen LogP contribution in [0.2, 0.25) is 5.02 Å². The van der Waals surface area contributed by atoms with E-state index in [0.717, 1.165) is 10.4 Å². The second-order valence-corrected chi connectivity index (χ2v) is 7.52. The Morgan fingerprint density at radius 2 is 1.83 bits per heavy atom. The molecule has 0 aliphatic heterocycles. The topological polar surface area (TPSA) is 46.6 Å². The molecule has 0 saturated heterocycles. The highest BCUT2D eigenvalue weighted by molar-refractivity contribution is 7.89. The fraction of sp³-hybridized carbons (Fsp3) is 0.250. The van der Waals surface area contributed by atoms with Gasteiger partial charge in [0.1, 0.15) is 18.2 Å². The van der Waals surface area contributed by atoms with Crippen LogP contribution in [0.25, 0.3) is 0 Å². The summed E-state index contributed by atoms with van der Waals surface area (Å²) < 4.78 is 44.9. The van der Waals surface area contributed by atoms with Gasteiger partial charge in [-0.25, -0.2) is 12.8 Å². The lowest BCUT2D eigenvalue weighted by Crippen LogP contribution is -2.31. The van der Waals surface area contributed by atoms with Crippen molar-refractivity contribution in [1.29, 1.82) is 0 Å². The summed E-state index contributed by atoms with van der Waals surface area (Å²) in [7, 11) is -2.32. The van der Waals surface area contributed by atoms with Crippen LogP contribution < -0.4 is 4.74 Å². The standard InChI is InChI=1S/C16H17ClFNO3S/c1-12-3-8-15(11-16(12)18)23(20,21)19(2)9-10-22-14-6-4-13(17)5-7-14/h3-8,11H,9-10H2,1-2H3. The molecule has 7 heteroatoms. The molecule has 0 amide bonds. The van der Waals surface area contributed by atoms with E-state index in [2.05, 4.69) is 0 Å². The van der Waals surface area contributed by atoms with Gasteiger partial charge < -0.3 is 4.74 Å². The summed E-state index contributed by atoms with van der Waals surface area (Å²) in [6.07, 6.45) is 0. The summed E-state index contributed by atoms with van der Waals surface area (Å²) in [4.78, 5) is -0.0745. The van der Waals surface area contributed by atoms with Crippen LogP contribution >= 0.6 is 11.6 Å². The summed E-state index contributed by atoms with van der Waals surface area (Å²) in [6, 6.07) is 10.6. The Kier molecular flexibility index (Phi) is 5.62. The maximum Gasteiger partial charge on any atom is 0.243 e. The van der Waals surface area contributed by atoms with Crippen LogP contribution in [0.1, 0.15) is 5.56 Å². The number of nitrogens with zero attached hydrogens (tertiary/aromatic N) is 1. The molecule has 0 unspecified atom stereocenters. The van der Waals surface area contributed by atoms with E-state index in [9.17, 15) is 12.8 Å². The molecule has 2 rings (SSSR count). The van der Waals surface area contributed by atoms with Crippen LogP contribution in [0.5, 0.6) is 5.75 Å². The molecule has 0 heterocycles. The van der Waals surface area contributed by atoms with Crippen LogP contribution in [-0.2, 0) is 10.0 Å². The Morgan fingerprint density at radius 3 is 2.43 bits per heavy atom. The predicted molar refractivity (Wildman–Crippen MR) is 87.9 cm³/mol. The lowest BCUT2D eigenvalue weighted by Gasteiger charge is -2.17. The van der Waals surface area contributed by atoms with Gasteiger partial charge in [0.15, 0.2) is 0 Å². The van der Waals surface area contributed by atoms with E-state index in [1.807, 2.05) is 0 Å². The van der Waals surface area contributed by atoms with E-state index in [4.69, 9.17) is 16.3 Å². The first-order valence-corrected chi connectivity index (χ1v) is 8.73. The van der Waals surface area contributed by atoms with Gasteiger partial charge in [-0.3, -0.25) is 0 Å². The predicted octanol–water partition coefficient (Wildman–Crippen LogP) is 3.49. The van der Waals surface area contributed by atoms with Crippen LogP contribution in [0.15, 0.2) is 47.4 Å². The molecular weight excluding hydrogens is 341 g/mol. The molecule has 0 aliphatic rings. The zero-order valence-electron chi connectivity index (χ0n) is 12.8. The molecule has 2 aromatic carbocycles. The van der Waals surface area contributed by atoms with E-state index in [1.165, 1.54) is 19.2 Å². The van der Waals surface area contributed by atoms with Gasteiger partial charge in [-0.2, -0.15) is 4.31 Å². The first-order valence-electron chi connectivity index (χ1n) is 6.91. The number of hydrogen-bond acceptors (Lipinski definition) is 3. The third-order valence-electron chi connectivity index (χ3n) is 3.34. The Balaban J connectivity index is 1.99. The Morgan fingerprint density at radius 1 is 1.17 bits per heavy atom. The number of sulfonamides is 1. The molecule has 23 heavy (non-hydrogen) atoms. The number of hydrogen-bond donors (Lipinski definition) is 0. The molecule has 0 bridgehead atoms. The number of likely N-dealkylation sites (N-methyl/N-ethyl adjacent to an activating group) is 1. The van der Waals surface area contributed by atoms with Crippen molar-refractivity contribution in [2.45, 2.75) is 11.8 Å². The highest BCUT2D eigenvalue weighted by Gasteiger charge is 2.21. The number of benzene rings is 2. The van der Waals surface area contributed by atoms with Crippen LogP contribution in [0, 0.1) is 12.7 Å². The third kappa shape index (κ3) is 4.43. The van der Waals surface area contributed by atoms with Gasteiger partial charge in [-0.15, -0.1) is 0 Å². The maximum absolute atomic E-state index is 13.6. The number of aryl methyl sites for hydroxylation is 1. The van der Waals surface area contributed by atoms with Gasteiger partial charge in [0, 0.05) is 18.6 Å². The summed E-state index contributed by atoms with van der Waals surface area (Å²) in [5, 5.41) is 0.596. The van der Waals surface area contributed by atoms with Crippen molar-refractivity contribution < 1.29 is 17.5 Å². The quantitative estimate of drug-likeness (QED) is 0.795. The molecule has 0 saturated carbocycles. The lowest BCUT2D eigenvalue weighted by molar-refractivity contribution is 0.287. The van der Waals surface area contributed by atoms with Crippen LogP contribution in [0.3, 0.4) is 0 Å². The van der Waals surface area contributed by atoms with Gasteiger partial charge >= 0.3 is 0 Å². The van der Waals surface area contributed by atoms with Gasteiger partial charge in [-0.1, -0.05) is 17.7 Å². The smallest absolute Gasteiger partial charge is 0.243 e. The summed E-state index contributed by atoms with van der Waals surface area (Å²) in [5.41, 5.74) is 0.401. The van der Waals surface area contributed by atoms with Crippen molar-refractivity contribution >= 4 is 21.6 Å². The monoisotopic (exact) mass is 357 g/mol. The summed E-state index contributed by atoms with van der Waals surface area (Å²) in [6.45, 7) is 1.89. The molecule has 124 valence electrons. The molecular formula is C16H17ClFNO3S. The first kappa shape index (κ1) is 17.7. The minimum Gasteiger partial charge on any atom is -0.492 e. The lowest BCUT2D eigenvalue weighted by atomic mass is 10.2. The molecule has 0 atom stereocenters. The number of rotatable bonds is 6. The average Bonchev–Trinajstić information content (AvgIpc) is 2.51. The second-order valence-electron chi connectivity index (χ2n) is 5.04. The SMILES string of the molecule is Cc1ccc(S(=O)(=O)N(C)CCOc2ccc(Cl)cc2)cc1F. The van der Waals surface area contributed by atoms with E-state index < -0.39 is 15.8 Å². The minimum absolute atomic E-state index is 0.0745. The average molecular weight is 358 g/mol. The fourth-order valence-electron chi connectivity index (χ4n) is 1.86. The fourth-order valence-corrected chi connectivity index (χ4v) is 3.15. The molecule has 2 aromatic rings. The highest BCUT2D eigenvalue weighted by atomic mass is 35.5. The largest absolute Gasteiger partial charge is 0.492 e. The highest BCUT2D eigenvalue weighted by Crippen LogP contribution is 2.18. The van der Waals surface area contributed by atoms with Gasteiger partial charge in [0.2, 0.25) is 10.0 Å². The minimum atomic E-state index is -3.75. The van der Waals surface area contributed by atoms with Crippen molar-refractivity contribution in [1.82, 2.24) is 4.31 Å². The van der Waals surface area contributed by atoms with E-state index in [-0.39, 0.29) is 18.0 Å². The van der Waals surface area contributed by atoms with Crippen molar-refractivity contribution in [3.8, 4) is 5.75 Å². The molecule has 0 fully saturated rings. The van der Waals surface area contributed by atoms with Crippen molar-refractivity contribution in [2.24, 2.45) is 0 Å². The zero-order chi connectivity index (χ0) is 17.0. The molecule has 0 spiro atoms. The Labute approximate surface area is 140 Å². The van der Waals surface area contributed by atoms with Crippen LogP contribution in [0.4, 0.5) is 4.39 Å². The number of ether oxygens (including phenoxy) is 1.